The first-order valence-corrected chi connectivity index (χ1v) is 7.25. The molecule has 0 saturated heterocycles. The maximum Gasteiger partial charge on any atom is 0.122 e. The molecule has 0 aliphatic heterocycles. The van der Waals surface area contributed by atoms with Crippen LogP contribution >= 0.6 is 0 Å². The zero-order valence-corrected chi connectivity index (χ0v) is 13.0. The minimum atomic E-state index is 0.540. The Morgan fingerprint density at radius 1 is 0.905 bits per heavy atom. The van der Waals surface area contributed by atoms with E-state index in [0.29, 0.717) is 13.2 Å². The number of aryl methyl sites for hydroxylation is 2. The molecule has 3 nitrogen and oxygen atoms in total. The first-order valence-electron chi connectivity index (χ1n) is 7.25. The minimum Gasteiger partial charge on any atom is -0.490 e. The summed E-state index contributed by atoms with van der Waals surface area (Å²) in [6.07, 6.45) is 0. The number of ether oxygens (including phenoxy) is 2. The van der Waals surface area contributed by atoms with Crippen molar-refractivity contribution in [2.24, 2.45) is 0 Å². The summed E-state index contributed by atoms with van der Waals surface area (Å²) >= 11 is 0. The fourth-order valence-corrected chi connectivity index (χ4v) is 2.08. The van der Waals surface area contributed by atoms with Crippen molar-refractivity contribution in [3.63, 3.8) is 0 Å². The van der Waals surface area contributed by atoms with Crippen molar-refractivity contribution in [2.45, 2.75) is 20.4 Å². The van der Waals surface area contributed by atoms with Crippen LogP contribution in [0.3, 0.4) is 0 Å². The normalized spacial score (nSPS) is 10.4. The predicted octanol–water partition coefficient (Wildman–Crippen LogP) is 3.48. The summed E-state index contributed by atoms with van der Waals surface area (Å²) < 4.78 is 11.5. The van der Waals surface area contributed by atoms with Crippen LogP contribution in [0.1, 0.15) is 16.7 Å². The molecule has 0 aliphatic carbocycles. The molecule has 0 radical (unpaired) electrons. The van der Waals surface area contributed by atoms with E-state index in [0.717, 1.165) is 23.6 Å². The number of rotatable bonds is 7. The van der Waals surface area contributed by atoms with Crippen molar-refractivity contribution >= 4 is 0 Å². The summed E-state index contributed by atoms with van der Waals surface area (Å²) in [6.45, 7) is 6.07. The Kier molecular flexibility index (Phi) is 5.64. The van der Waals surface area contributed by atoms with Crippen LogP contribution in [-0.4, -0.2) is 20.3 Å². The molecule has 1 N–H and O–H groups in total. The molecule has 0 saturated carbocycles. The average Bonchev–Trinajstić information content (AvgIpc) is 2.49. The largest absolute Gasteiger partial charge is 0.490 e. The van der Waals surface area contributed by atoms with E-state index in [1.807, 2.05) is 19.2 Å². The van der Waals surface area contributed by atoms with E-state index in [9.17, 15) is 0 Å². The van der Waals surface area contributed by atoms with Gasteiger partial charge in [0.25, 0.3) is 0 Å². The van der Waals surface area contributed by atoms with Gasteiger partial charge in [-0.15, -0.1) is 0 Å². The fourth-order valence-electron chi connectivity index (χ4n) is 2.08. The topological polar surface area (TPSA) is 30.5 Å². The van der Waals surface area contributed by atoms with Crippen molar-refractivity contribution in [3.8, 4) is 11.5 Å². The molecule has 0 heterocycles. The lowest BCUT2D eigenvalue weighted by Crippen LogP contribution is -2.10. The highest BCUT2D eigenvalue weighted by Crippen LogP contribution is 2.19. The second-order valence-electron chi connectivity index (χ2n) is 5.14. The molecule has 0 fully saturated rings. The molecule has 0 bridgehead atoms. The lowest BCUT2D eigenvalue weighted by Gasteiger charge is -2.11. The van der Waals surface area contributed by atoms with Gasteiger partial charge in [-0.05, 0) is 55.8 Å². The third-order valence-corrected chi connectivity index (χ3v) is 3.26. The van der Waals surface area contributed by atoms with Crippen LogP contribution in [0.4, 0.5) is 0 Å². The van der Waals surface area contributed by atoms with Gasteiger partial charge >= 0.3 is 0 Å². The zero-order valence-electron chi connectivity index (χ0n) is 13.0. The maximum absolute atomic E-state index is 5.77. The summed E-state index contributed by atoms with van der Waals surface area (Å²) in [5, 5.41) is 3.12. The molecule has 0 atom stereocenters. The predicted molar refractivity (Wildman–Crippen MR) is 86.1 cm³/mol. The Bertz CT molecular complexity index is 564. The molecule has 112 valence electrons. The number of nitrogens with one attached hydrogen (secondary N) is 1. The molecular weight excluding hydrogens is 262 g/mol. The molecule has 0 spiro atoms. The molecule has 2 aromatic carbocycles. The SMILES string of the molecule is CNCc1ccc(OCCOc2cc(C)ccc2C)cc1. The highest BCUT2D eigenvalue weighted by atomic mass is 16.5. The number of hydrogen-bond acceptors (Lipinski definition) is 3. The van der Waals surface area contributed by atoms with E-state index in [4.69, 9.17) is 9.47 Å². The Hall–Kier alpha value is -2.00. The van der Waals surface area contributed by atoms with Crippen molar-refractivity contribution in [3.05, 3.63) is 59.2 Å². The van der Waals surface area contributed by atoms with Gasteiger partial charge in [0.05, 0.1) is 0 Å². The maximum atomic E-state index is 5.77. The first kappa shape index (κ1) is 15.4. The van der Waals surface area contributed by atoms with Gasteiger partial charge in [0, 0.05) is 6.54 Å². The third kappa shape index (κ3) is 4.80. The fraction of sp³-hybridized carbons (Fsp3) is 0.333. The quantitative estimate of drug-likeness (QED) is 0.790. The van der Waals surface area contributed by atoms with E-state index in [1.54, 1.807) is 0 Å². The van der Waals surface area contributed by atoms with Crippen LogP contribution in [0.5, 0.6) is 11.5 Å². The molecule has 2 rings (SSSR count). The van der Waals surface area contributed by atoms with Gasteiger partial charge in [-0.3, -0.25) is 0 Å². The molecular formula is C18H23NO2. The van der Waals surface area contributed by atoms with Gasteiger partial charge in [-0.1, -0.05) is 24.3 Å². The Morgan fingerprint density at radius 2 is 1.62 bits per heavy atom. The van der Waals surface area contributed by atoms with Gasteiger partial charge in [-0.2, -0.15) is 0 Å². The molecule has 0 aliphatic rings. The molecule has 0 unspecified atom stereocenters. The minimum absolute atomic E-state index is 0.540. The van der Waals surface area contributed by atoms with Gasteiger partial charge in [0.1, 0.15) is 24.7 Å². The van der Waals surface area contributed by atoms with Crippen molar-refractivity contribution in [1.29, 1.82) is 0 Å². The van der Waals surface area contributed by atoms with Crippen LogP contribution in [0.25, 0.3) is 0 Å². The van der Waals surface area contributed by atoms with E-state index in [2.05, 4.69) is 49.5 Å². The number of hydrogen-bond donors (Lipinski definition) is 1. The van der Waals surface area contributed by atoms with Gasteiger partial charge in [0.15, 0.2) is 0 Å². The van der Waals surface area contributed by atoms with Crippen LogP contribution < -0.4 is 14.8 Å². The summed E-state index contributed by atoms with van der Waals surface area (Å²) in [7, 11) is 1.94. The highest BCUT2D eigenvalue weighted by molar-refractivity contribution is 5.36. The Labute approximate surface area is 126 Å². The van der Waals surface area contributed by atoms with E-state index in [-0.39, 0.29) is 0 Å². The van der Waals surface area contributed by atoms with Crippen LogP contribution in [0.2, 0.25) is 0 Å². The standard InChI is InChI=1S/C18H23NO2/c1-14-4-5-15(2)18(12-14)21-11-10-20-17-8-6-16(7-9-17)13-19-3/h4-9,12,19H,10-11,13H2,1-3H3. The Morgan fingerprint density at radius 3 is 2.33 bits per heavy atom. The third-order valence-electron chi connectivity index (χ3n) is 3.26. The first-order chi connectivity index (χ1) is 10.2. The van der Waals surface area contributed by atoms with Crippen LogP contribution in [-0.2, 0) is 6.54 Å². The van der Waals surface area contributed by atoms with Crippen LogP contribution in [0, 0.1) is 13.8 Å². The molecule has 21 heavy (non-hydrogen) atoms. The molecule has 3 heteroatoms. The summed E-state index contributed by atoms with van der Waals surface area (Å²) in [6, 6.07) is 14.3. The number of benzene rings is 2. The Balaban J connectivity index is 1.77. The van der Waals surface area contributed by atoms with Crippen LogP contribution in [0.15, 0.2) is 42.5 Å². The second kappa shape index (κ2) is 7.70. The van der Waals surface area contributed by atoms with Gasteiger partial charge in [0.2, 0.25) is 0 Å². The lowest BCUT2D eigenvalue weighted by molar-refractivity contribution is 0.216. The summed E-state index contributed by atoms with van der Waals surface area (Å²) in [5.74, 6) is 1.81. The molecule has 0 aromatic heterocycles. The van der Waals surface area contributed by atoms with E-state index >= 15 is 0 Å². The van der Waals surface area contributed by atoms with Gasteiger partial charge in [-0.25, -0.2) is 0 Å². The lowest BCUT2D eigenvalue weighted by atomic mass is 10.1. The summed E-state index contributed by atoms with van der Waals surface area (Å²) in [4.78, 5) is 0. The zero-order chi connectivity index (χ0) is 15.1. The van der Waals surface area contributed by atoms with Crippen molar-refractivity contribution < 1.29 is 9.47 Å². The van der Waals surface area contributed by atoms with Gasteiger partial charge < -0.3 is 14.8 Å². The average molecular weight is 285 g/mol. The highest BCUT2D eigenvalue weighted by Gasteiger charge is 2.00. The molecule has 2 aromatic rings. The smallest absolute Gasteiger partial charge is 0.122 e. The van der Waals surface area contributed by atoms with E-state index in [1.165, 1.54) is 11.1 Å². The van der Waals surface area contributed by atoms with Crippen molar-refractivity contribution in [2.75, 3.05) is 20.3 Å². The monoisotopic (exact) mass is 285 g/mol. The molecule has 0 amide bonds. The summed E-state index contributed by atoms with van der Waals surface area (Å²) in [5.41, 5.74) is 3.60. The second-order valence-corrected chi connectivity index (χ2v) is 5.14. The van der Waals surface area contributed by atoms with Crippen molar-refractivity contribution in [1.82, 2.24) is 5.32 Å². The van der Waals surface area contributed by atoms with E-state index < -0.39 is 0 Å².